The summed E-state index contributed by atoms with van der Waals surface area (Å²) in [5.41, 5.74) is 2.42. The highest BCUT2D eigenvalue weighted by molar-refractivity contribution is 5.52. The van der Waals surface area contributed by atoms with Crippen molar-refractivity contribution in [3.63, 3.8) is 0 Å². The molecule has 0 unspecified atom stereocenters. The van der Waals surface area contributed by atoms with Crippen molar-refractivity contribution in [1.82, 2.24) is 0 Å². The Morgan fingerprint density at radius 1 is 1.31 bits per heavy atom. The third kappa shape index (κ3) is 1.76. The highest BCUT2D eigenvalue weighted by Gasteiger charge is 2.24. The van der Waals surface area contributed by atoms with Crippen LogP contribution in [0.4, 0.5) is 0 Å². The maximum atomic E-state index is 9.36. The Morgan fingerprint density at radius 3 is 2.75 bits per heavy atom. The lowest BCUT2D eigenvalue weighted by atomic mass is 9.82. The van der Waals surface area contributed by atoms with Gasteiger partial charge in [-0.15, -0.1) is 0 Å². The Bertz CT molecular complexity index is 374. The highest BCUT2D eigenvalue weighted by atomic mass is 16.5. The molecule has 1 N–H and O–H groups in total. The first kappa shape index (κ1) is 11.3. The van der Waals surface area contributed by atoms with Gasteiger partial charge in [0.1, 0.15) is 0 Å². The van der Waals surface area contributed by atoms with E-state index in [1.165, 1.54) is 11.1 Å². The van der Waals surface area contributed by atoms with Crippen LogP contribution in [0.25, 0.3) is 0 Å². The molecule has 1 aromatic rings. The highest BCUT2D eigenvalue weighted by Crippen LogP contribution is 2.41. The fourth-order valence-electron chi connectivity index (χ4n) is 2.52. The summed E-state index contributed by atoms with van der Waals surface area (Å²) >= 11 is 0. The Labute approximate surface area is 96.0 Å². The summed E-state index contributed by atoms with van der Waals surface area (Å²) in [6, 6.07) is 3.97. The lowest BCUT2D eigenvalue weighted by Gasteiger charge is -2.26. The van der Waals surface area contributed by atoms with Gasteiger partial charge in [0.2, 0.25) is 0 Å². The number of benzene rings is 1. The summed E-state index contributed by atoms with van der Waals surface area (Å²) in [6.45, 7) is 0.211. The molecule has 0 aromatic heterocycles. The number of rotatable bonds is 3. The second-order valence-corrected chi connectivity index (χ2v) is 4.14. The molecular formula is C13H18O3. The molecule has 0 heterocycles. The third-order valence-electron chi connectivity index (χ3n) is 3.32. The van der Waals surface area contributed by atoms with Crippen LogP contribution in [-0.4, -0.2) is 25.9 Å². The van der Waals surface area contributed by atoms with Crippen molar-refractivity contribution in [2.45, 2.75) is 25.2 Å². The first-order chi connectivity index (χ1) is 7.81. The molecule has 0 saturated carbocycles. The maximum Gasteiger partial charge on any atom is 0.164 e. The second-order valence-electron chi connectivity index (χ2n) is 4.14. The van der Waals surface area contributed by atoms with Crippen LogP contribution in [0.1, 0.15) is 29.9 Å². The van der Waals surface area contributed by atoms with Gasteiger partial charge in [-0.3, -0.25) is 0 Å². The zero-order valence-corrected chi connectivity index (χ0v) is 9.82. The standard InChI is InChI=1S/C13H18O3/c1-15-12-7-6-10-9(8-14)4-3-5-11(10)13(12)16-2/h6-7,9,14H,3-5,8H2,1-2H3/t9-/m0/s1. The first-order valence-electron chi connectivity index (χ1n) is 5.66. The minimum Gasteiger partial charge on any atom is -0.493 e. The summed E-state index contributed by atoms with van der Waals surface area (Å²) in [4.78, 5) is 0. The van der Waals surface area contributed by atoms with Crippen LogP contribution in [0.15, 0.2) is 12.1 Å². The quantitative estimate of drug-likeness (QED) is 0.851. The lowest BCUT2D eigenvalue weighted by molar-refractivity contribution is 0.251. The molecular weight excluding hydrogens is 204 g/mol. The fraction of sp³-hybridized carbons (Fsp3) is 0.538. The van der Waals surface area contributed by atoms with E-state index in [2.05, 4.69) is 6.07 Å². The van der Waals surface area contributed by atoms with Gasteiger partial charge in [-0.2, -0.15) is 0 Å². The van der Waals surface area contributed by atoms with E-state index < -0.39 is 0 Å². The molecule has 2 rings (SSSR count). The van der Waals surface area contributed by atoms with Crippen LogP contribution in [0.3, 0.4) is 0 Å². The molecule has 0 saturated heterocycles. The van der Waals surface area contributed by atoms with Gasteiger partial charge in [0.25, 0.3) is 0 Å². The number of fused-ring (bicyclic) bond motifs is 1. The summed E-state index contributed by atoms with van der Waals surface area (Å²) in [7, 11) is 3.32. The molecule has 0 radical (unpaired) electrons. The van der Waals surface area contributed by atoms with Gasteiger partial charge in [0.05, 0.1) is 14.2 Å². The SMILES string of the molecule is COc1ccc2c(c1OC)CCC[C@H]2CO. The van der Waals surface area contributed by atoms with E-state index in [0.717, 1.165) is 30.8 Å². The summed E-state index contributed by atoms with van der Waals surface area (Å²) in [5.74, 6) is 1.86. The van der Waals surface area contributed by atoms with Crippen molar-refractivity contribution in [3.05, 3.63) is 23.3 Å². The molecule has 0 aliphatic heterocycles. The molecule has 0 fully saturated rings. The number of aliphatic hydroxyl groups excluding tert-OH is 1. The Balaban J connectivity index is 2.50. The van der Waals surface area contributed by atoms with Crippen molar-refractivity contribution < 1.29 is 14.6 Å². The Kier molecular flexibility index (Phi) is 3.34. The van der Waals surface area contributed by atoms with E-state index in [1.54, 1.807) is 14.2 Å². The number of ether oxygens (including phenoxy) is 2. The molecule has 16 heavy (non-hydrogen) atoms. The smallest absolute Gasteiger partial charge is 0.164 e. The van der Waals surface area contributed by atoms with Gasteiger partial charge in [-0.25, -0.2) is 0 Å². The van der Waals surface area contributed by atoms with E-state index in [9.17, 15) is 5.11 Å². The van der Waals surface area contributed by atoms with Crippen LogP contribution in [-0.2, 0) is 6.42 Å². The van der Waals surface area contributed by atoms with Crippen molar-refractivity contribution >= 4 is 0 Å². The molecule has 0 bridgehead atoms. The molecule has 1 aliphatic carbocycles. The van der Waals surface area contributed by atoms with E-state index in [-0.39, 0.29) is 12.5 Å². The molecule has 88 valence electrons. The van der Waals surface area contributed by atoms with Gasteiger partial charge >= 0.3 is 0 Å². The number of methoxy groups -OCH3 is 2. The minimum absolute atomic E-state index is 0.211. The summed E-state index contributed by atoms with van der Waals surface area (Å²) < 4.78 is 10.7. The van der Waals surface area contributed by atoms with E-state index in [4.69, 9.17) is 9.47 Å². The van der Waals surface area contributed by atoms with Crippen LogP contribution in [0, 0.1) is 0 Å². The van der Waals surface area contributed by atoms with E-state index in [1.807, 2.05) is 6.07 Å². The molecule has 0 amide bonds. The lowest BCUT2D eigenvalue weighted by Crippen LogP contribution is -2.14. The van der Waals surface area contributed by atoms with Crippen molar-refractivity contribution in [1.29, 1.82) is 0 Å². The molecule has 1 atom stereocenters. The van der Waals surface area contributed by atoms with Crippen molar-refractivity contribution in [3.8, 4) is 11.5 Å². The Morgan fingerprint density at radius 2 is 2.12 bits per heavy atom. The maximum absolute atomic E-state index is 9.36. The summed E-state index contributed by atoms with van der Waals surface area (Å²) in [5, 5.41) is 9.36. The number of hydrogen-bond donors (Lipinski definition) is 1. The zero-order chi connectivity index (χ0) is 11.5. The zero-order valence-electron chi connectivity index (χ0n) is 9.82. The van der Waals surface area contributed by atoms with Crippen LogP contribution < -0.4 is 9.47 Å². The predicted octanol–water partition coefficient (Wildman–Crippen LogP) is 2.12. The van der Waals surface area contributed by atoms with Crippen LogP contribution >= 0.6 is 0 Å². The van der Waals surface area contributed by atoms with Crippen LogP contribution in [0.2, 0.25) is 0 Å². The second kappa shape index (κ2) is 4.74. The van der Waals surface area contributed by atoms with Gasteiger partial charge in [0.15, 0.2) is 11.5 Å². The summed E-state index contributed by atoms with van der Waals surface area (Å²) in [6.07, 6.45) is 3.16. The first-order valence-corrected chi connectivity index (χ1v) is 5.66. The molecule has 0 spiro atoms. The van der Waals surface area contributed by atoms with Crippen molar-refractivity contribution in [2.75, 3.05) is 20.8 Å². The normalized spacial score (nSPS) is 19.1. The molecule has 1 aliphatic rings. The average molecular weight is 222 g/mol. The Hall–Kier alpha value is -1.22. The molecule has 1 aromatic carbocycles. The van der Waals surface area contributed by atoms with Crippen LogP contribution in [0.5, 0.6) is 11.5 Å². The van der Waals surface area contributed by atoms with Gasteiger partial charge < -0.3 is 14.6 Å². The monoisotopic (exact) mass is 222 g/mol. The van der Waals surface area contributed by atoms with Gasteiger partial charge in [-0.1, -0.05) is 6.07 Å². The van der Waals surface area contributed by atoms with Gasteiger partial charge in [0, 0.05) is 18.1 Å². The number of aliphatic hydroxyl groups is 1. The van der Waals surface area contributed by atoms with Gasteiger partial charge in [-0.05, 0) is 30.9 Å². The fourth-order valence-corrected chi connectivity index (χ4v) is 2.52. The van der Waals surface area contributed by atoms with E-state index in [0.29, 0.717) is 0 Å². The number of hydrogen-bond acceptors (Lipinski definition) is 3. The third-order valence-corrected chi connectivity index (χ3v) is 3.32. The largest absolute Gasteiger partial charge is 0.493 e. The topological polar surface area (TPSA) is 38.7 Å². The van der Waals surface area contributed by atoms with E-state index >= 15 is 0 Å². The minimum atomic E-state index is 0.211. The molecule has 3 heteroatoms. The van der Waals surface area contributed by atoms with Crippen molar-refractivity contribution in [2.24, 2.45) is 0 Å². The average Bonchev–Trinajstić information content (AvgIpc) is 2.36. The predicted molar refractivity (Wildman–Crippen MR) is 62.3 cm³/mol. The molecule has 3 nitrogen and oxygen atoms in total.